The lowest BCUT2D eigenvalue weighted by Crippen LogP contribution is -2.35. The quantitative estimate of drug-likeness (QED) is 0.789. The van der Waals surface area contributed by atoms with Crippen molar-refractivity contribution in [3.05, 3.63) is 35.0 Å². The molecule has 4 nitrogen and oxygen atoms in total. The van der Waals surface area contributed by atoms with Crippen LogP contribution in [0.3, 0.4) is 0 Å². The number of nitrogens with two attached hydrogens (primary N) is 1. The van der Waals surface area contributed by atoms with Gasteiger partial charge in [0.1, 0.15) is 0 Å². The number of fused-ring (bicyclic) bond motifs is 1. The van der Waals surface area contributed by atoms with Crippen LogP contribution in [0.4, 0.5) is 0 Å². The number of halogens is 1. The highest BCUT2D eigenvalue weighted by Crippen LogP contribution is 2.22. The number of H-pyrrole nitrogens is 1. The monoisotopic (exact) mass is 265 g/mol. The van der Waals surface area contributed by atoms with E-state index in [0.29, 0.717) is 18.0 Å². The number of amides is 1. The molecule has 1 atom stereocenters. The second kappa shape index (κ2) is 5.42. The molecule has 2 aromatic rings. The number of nitrogens with one attached hydrogen (secondary N) is 2. The third-order valence-electron chi connectivity index (χ3n) is 2.70. The second-order valence-corrected chi connectivity index (χ2v) is 4.90. The zero-order valence-corrected chi connectivity index (χ0v) is 10.9. The molecule has 96 valence electrons. The highest BCUT2D eigenvalue weighted by Gasteiger charge is 2.09. The molecule has 2 rings (SSSR count). The Hall–Kier alpha value is -1.52. The van der Waals surface area contributed by atoms with Crippen LogP contribution in [-0.4, -0.2) is 23.5 Å². The van der Waals surface area contributed by atoms with Crippen LogP contribution >= 0.6 is 11.6 Å². The van der Waals surface area contributed by atoms with Crippen molar-refractivity contribution in [1.82, 2.24) is 10.3 Å². The topological polar surface area (TPSA) is 70.9 Å². The molecular weight excluding hydrogens is 250 g/mol. The van der Waals surface area contributed by atoms with Gasteiger partial charge in [-0.3, -0.25) is 4.79 Å². The third kappa shape index (κ3) is 3.03. The molecule has 1 unspecified atom stereocenters. The molecule has 0 saturated heterocycles. The molecule has 1 aromatic heterocycles. The number of hydrogen-bond donors (Lipinski definition) is 3. The first-order chi connectivity index (χ1) is 8.56. The van der Waals surface area contributed by atoms with Crippen LogP contribution in [0.5, 0.6) is 0 Å². The van der Waals surface area contributed by atoms with E-state index in [1.165, 1.54) is 0 Å². The summed E-state index contributed by atoms with van der Waals surface area (Å²) in [5.41, 5.74) is 7.49. The van der Waals surface area contributed by atoms with E-state index in [1.807, 2.05) is 31.3 Å². The number of benzene rings is 1. The molecule has 0 bridgehead atoms. The molecule has 0 radical (unpaired) electrons. The van der Waals surface area contributed by atoms with Crippen molar-refractivity contribution in [2.24, 2.45) is 5.73 Å². The maximum absolute atomic E-state index is 11.7. The standard InChI is InChI=1S/C13H16ClN3O/c1-8(15)6-17-13(18)4-9-7-16-12-5-10(14)2-3-11(9)12/h2-3,5,7-8,16H,4,6,15H2,1H3,(H,17,18). The molecule has 18 heavy (non-hydrogen) atoms. The molecular formula is C13H16ClN3O. The molecule has 0 aliphatic carbocycles. The van der Waals surface area contributed by atoms with Crippen LogP contribution in [-0.2, 0) is 11.2 Å². The van der Waals surface area contributed by atoms with Gasteiger partial charge in [0.05, 0.1) is 6.42 Å². The van der Waals surface area contributed by atoms with Crippen molar-refractivity contribution < 1.29 is 4.79 Å². The average Bonchev–Trinajstić information content (AvgIpc) is 2.69. The Balaban J connectivity index is 2.10. The van der Waals surface area contributed by atoms with Crippen molar-refractivity contribution in [1.29, 1.82) is 0 Å². The van der Waals surface area contributed by atoms with Gasteiger partial charge in [-0.2, -0.15) is 0 Å². The Kier molecular flexibility index (Phi) is 3.89. The van der Waals surface area contributed by atoms with Crippen LogP contribution in [0.1, 0.15) is 12.5 Å². The summed E-state index contributed by atoms with van der Waals surface area (Å²) >= 11 is 5.91. The van der Waals surface area contributed by atoms with Gasteiger partial charge in [0.25, 0.3) is 0 Å². The van der Waals surface area contributed by atoms with Gasteiger partial charge in [-0.15, -0.1) is 0 Å². The zero-order chi connectivity index (χ0) is 13.1. The molecule has 4 N–H and O–H groups in total. The first kappa shape index (κ1) is 12.9. The van der Waals surface area contributed by atoms with Crippen molar-refractivity contribution in [3.63, 3.8) is 0 Å². The van der Waals surface area contributed by atoms with Crippen molar-refractivity contribution >= 4 is 28.4 Å². The van der Waals surface area contributed by atoms with Crippen molar-refractivity contribution in [2.75, 3.05) is 6.54 Å². The van der Waals surface area contributed by atoms with Gasteiger partial charge in [0.15, 0.2) is 0 Å². The van der Waals surface area contributed by atoms with Crippen molar-refractivity contribution in [2.45, 2.75) is 19.4 Å². The number of carbonyl (C=O) groups excluding carboxylic acids is 1. The number of aromatic nitrogens is 1. The Labute approximate surface area is 111 Å². The predicted molar refractivity (Wildman–Crippen MR) is 73.7 cm³/mol. The van der Waals surface area contributed by atoms with Gasteiger partial charge in [-0.25, -0.2) is 0 Å². The van der Waals surface area contributed by atoms with Gasteiger partial charge in [0.2, 0.25) is 5.91 Å². The second-order valence-electron chi connectivity index (χ2n) is 4.46. The van der Waals surface area contributed by atoms with Gasteiger partial charge in [0, 0.05) is 34.7 Å². The zero-order valence-electron chi connectivity index (χ0n) is 10.2. The summed E-state index contributed by atoms with van der Waals surface area (Å²) in [5, 5.41) is 4.49. The Morgan fingerprint density at radius 2 is 2.33 bits per heavy atom. The van der Waals surface area contributed by atoms with E-state index in [2.05, 4.69) is 10.3 Å². The van der Waals surface area contributed by atoms with Gasteiger partial charge >= 0.3 is 0 Å². The number of hydrogen-bond acceptors (Lipinski definition) is 2. The number of carbonyl (C=O) groups is 1. The SMILES string of the molecule is CC(N)CNC(=O)Cc1c[nH]c2cc(Cl)ccc12. The Bertz CT molecular complexity index is 562. The first-order valence-corrected chi connectivity index (χ1v) is 6.22. The fourth-order valence-electron chi connectivity index (χ4n) is 1.82. The fraction of sp³-hybridized carbons (Fsp3) is 0.308. The molecule has 0 saturated carbocycles. The van der Waals surface area contributed by atoms with E-state index >= 15 is 0 Å². The molecule has 0 spiro atoms. The van der Waals surface area contributed by atoms with Crippen LogP contribution in [0.25, 0.3) is 10.9 Å². The average molecular weight is 266 g/mol. The smallest absolute Gasteiger partial charge is 0.224 e. The maximum Gasteiger partial charge on any atom is 0.224 e. The lowest BCUT2D eigenvalue weighted by molar-refractivity contribution is -0.120. The number of rotatable bonds is 4. The highest BCUT2D eigenvalue weighted by atomic mass is 35.5. The lowest BCUT2D eigenvalue weighted by atomic mass is 10.1. The maximum atomic E-state index is 11.7. The molecule has 0 aliphatic rings. The van der Waals surface area contributed by atoms with Crippen LogP contribution in [0, 0.1) is 0 Å². The van der Waals surface area contributed by atoms with Gasteiger partial charge < -0.3 is 16.0 Å². The highest BCUT2D eigenvalue weighted by molar-refractivity contribution is 6.31. The summed E-state index contributed by atoms with van der Waals surface area (Å²) in [6, 6.07) is 5.56. The molecule has 5 heteroatoms. The molecule has 1 heterocycles. The summed E-state index contributed by atoms with van der Waals surface area (Å²) < 4.78 is 0. The molecule has 1 amide bonds. The molecule has 1 aromatic carbocycles. The Morgan fingerprint density at radius 3 is 3.06 bits per heavy atom. The van der Waals surface area contributed by atoms with Crippen LogP contribution in [0.2, 0.25) is 5.02 Å². The normalized spacial score (nSPS) is 12.6. The summed E-state index contributed by atoms with van der Waals surface area (Å²) in [5.74, 6) is -0.0249. The predicted octanol–water partition coefficient (Wildman–Crippen LogP) is 1.83. The minimum absolute atomic E-state index is 0.0249. The van der Waals surface area contributed by atoms with E-state index in [1.54, 1.807) is 0 Å². The lowest BCUT2D eigenvalue weighted by Gasteiger charge is -2.07. The van der Waals surface area contributed by atoms with E-state index < -0.39 is 0 Å². The van der Waals surface area contributed by atoms with Gasteiger partial charge in [-0.05, 0) is 24.6 Å². The summed E-state index contributed by atoms with van der Waals surface area (Å²) in [7, 11) is 0. The fourth-order valence-corrected chi connectivity index (χ4v) is 1.99. The Morgan fingerprint density at radius 1 is 1.56 bits per heavy atom. The summed E-state index contributed by atoms with van der Waals surface area (Å²) in [4.78, 5) is 14.8. The van der Waals surface area contributed by atoms with Crippen LogP contribution < -0.4 is 11.1 Å². The summed E-state index contributed by atoms with van der Waals surface area (Å²) in [6.07, 6.45) is 2.18. The third-order valence-corrected chi connectivity index (χ3v) is 2.94. The van der Waals surface area contributed by atoms with Gasteiger partial charge in [-0.1, -0.05) is 17.7 Å². The van der Waals surface area contributed by atoms with E-state index in [9.17, 15) is 4.79 Å². The summed E-state index contributed by atoms with van der Waals surface area (Å²) in [6.45, 7) is 2.35. The van der Waals surface area contributed by atoms with Crippen molar-refractivity contribution in [3.8, 4) is 0 Å². The van der Waals surface area contributed by atoms with E-state index in [0.717, 1.165) is 16.5 Å². The minimum Gasteiger partial charge on any atom is -0.361 e. The van der Waals surface area contributed by atoms with E-state index in [-0.39, 0.29) is 11.9 Å². The number of aromatic amines is 1. The van der Waals surface area contributed by atoms with Crippen LogP contribution in [0.15, 0.2) is 24.4 Å². The minimum atomic E-state index is -0.0317. The van der Waals surface area contributed by atoms with E-state index in [4.69, 9.17) is 17.3 Å². The first-order valence-electron chi connectivity index (χ1n) is 5.84. The molecule has 0 aliphatic heterocycles. The molecule has 0 fully saturated rings. The largest absolute Gasteiger partial charge is 0.361 e.